The van der Waals surface area contributed by atoms with Crippen LogP contribution in [0.2, 0.25) is 5.02 Å². The molecule has 0 unspecified atom stereocenters. The molecule has 0 spiro atoms. The summed E-state index contributed by atoms with van der Waals surface area (Å²) in [6, 6.07) is 5.50. The van der Waals surface area contributed by atoms with Crippen LogP contribution in [0.25, 0.3) is 0 Å². The van der Waals surface area contributed by atoms with Crippen LogP contribution in [0.4, 0.5) is 5.69 Å². The molecule has 0 aliphatic carbocycles. The normalized spacial score (nSPS) is 10.3. The Morgan fingerprint density at radius 1 is 1.44 bits per heavy atom. The number of benzene rings is 1. The summed E-state index contributed by atoms with van der Waals surface area (Å²) >= 11 is 11.0. The molecule has 3 nitrogen and oxygen atoms in total. The summed E-state index contributed by atoms with van der Waals surface area (Å²) in [5.41, 5.74) is 7.18. The number of unbranched alkanes of at least 4 members (excludes halogenated alkanes) is 1. The van der Waals surface area contributed by atoms with Crippen LogP contribution in [-0.4, -0.2) is 24.7 Å². The first-order chi connectivity index (χ1) is 8.65. The minimum atomic E-state index is 0.353. The molecule has 0 saturated heterocycles. The van der Waals surface area contributed by atoms with E-state index in [1.807, 2.05) is 12.1 Å². The van der Waals surface area contributed by atoms with Crippen LogP contribution in [0.1, 0.15) is 25.3 Å². The summed E-state index contributed by atoms with van der Waals surface area (Å²) in [5, 5.41) is 3.83. The molecule has 0 saturated carbocycles. The van der Waals surface area contributed by atoms with Gasteiger partial charge in [0.25, 0.3) is 0 Å². The van der Waals surface area contributed by atoms with Gasteiger partial charge in [0.2, 0.25) is 0 Å². The lowest BCUT2D eigenvalue weighted by Gasteiger charge is -2.10. The van der Waals surface area contributed by atoms with E-state index in [9.17, 15) is 0 Å². The van der Waals surface area contributed by atoms with Crippen molar-refractivity contribution < 1.29 is 4.74 Å². The molecule has 0 heterocycles. The molecule has 0 bridgehead atoms. The van der Waals surface area contributed by atoms with Crippen molar-refractivity contribution in [2.45, 2.75) is 19.8 Å². The Labute approximate surface area is 119 Å². The molecule has 1 aromatic carbocycles. The maximum atomic E-state index is 6.12. The van der Waals surface area contributed by atoms with E-state index in [1.54, 1.807) is 6.07 Å². The van der Waals surface area contributed by atoms with Gasteiger partial charge in [-0.05, 0) is 24.6 Å². The molecule has 0 aliphatic rings. The number of nitrogens with one attached hydrogen (secondary N) is 1. The van der Waals surface area contributed by atoms with E-state index in [2.05, 4.69) is 12.2 Å². The second-order valence-corrected chi connectivity index (χ2v) is 4.80. The van der Waals surface area contributed by atoms with Gasteiger partial charge in [0.15, 0.2) is 0 Å². The molecule has 1 aromatic rings. The van der Waals surface area contributed by atoms with Crippen molar-refractivity contribution in [3.63, 3.8) is 0 Å². The largest absolute Gasteiger partial charge is 0.389 e. The molecule has 1 rings (SSSR count). The van der Waals surface area contributed by atoms with Crippen LogP contribution in [0, 0.1) is 0 Å². The summed E-state index contributed by atoms with van der Waals surface area (Å²) < 4.78 is 5.45. The Kier molecular flexibility index (Phi) is 7.01. The van der Waals surface area contributed by atoms with Crippen LogP contribution in [-0.2, 0) is 4.74 Å². The smallest absolute Gasteiger partial charge is 0.104 e. The monoisotopic (exact) mass is 286 g/mol. The first-order valence-corrected chi connectivity index (χ1v) is 6.84. The zero-order chi connectivity index (χ0) is 13.4. The molecule has 0 fully saturated rings. The highest BCUT2D eigenvalue weighted by atomic mass is 35.5. The number of halogens is 1. The lowest BCUT2D eigenvalue weighted by molar-refractivity contribution is 0.141. The lowest BCUT2D eigenvalue weighted by atomic mass is 10.2. The van der Waals surface area contributed by atoms with Crippen molar-refractivity contribution >= 4 is 34.5 Å². The molecule has 0 radical (unpaired) electrons. The van der Waals surface area contributed by atoms with Gasteiger partial charge in [-0.1, -0.05) is 37.2 Å². The molecule has 100 valence electrons. The number of anilines is 1. The van der Waals surface area contributed by atoms with E-state index in [1.165, 1.54) is 0 Å². The van der Waals surface area contributed by atoms with Crippen LogP contribution in [0.15, 0.2) is 18.2 Å². The van der Waals surface area contributed by atoms with Gasteiger partial charge < -0.3 is 15.8 Å². The average molecular weight is 287 g/mol. The zero-order valence-electron chi connectivity index (χ0n) is 10.5. The van der Waals surface area contributed by atoms with Crippen molar-refractivity contribution in [2.75, 3.05) is 25.1 Å². The molecule has 0 aromatic heterocycles. The maximum Gasteiger partial charge on any atom is 0.104 e. The molecule has 3 N–H and O–H groups in total. The van der Waals surface area contributed by atoms with E-state index >= 15 is 0 Å². The highest BCUT2D eigenvalue weighted by Crippen LogP contribution is 2.22. The van der Waals surface area contributed by atoms with Crippen LogP contribution in [0.5, 0.6) is 0 Å². The van der Waals surface area contributed by atoms with E-state index in [0.717, 1.165) is 37.2 Å². The molecule has 0 atom stereocenters. The topological polar surface area (TPSA) is 47.3 Å². The van der Waals surface area contributed by atoms with Gasteiger partial charge in [-0.25, -0.2) is 0 Å². The highest BCUT2D eigenvalue weighted by molar-refractivity contribution is 7.80. The van der Waals surface area contributed by atoms with Gasteiger partial charge in [-0.3, -0.25) is 0 Å². The highest BCUT2D eigenvalue weighted by Gasteiger charge is 2.03. The quantitative estimate of drug-likeness (QED) is 0.569. The summed E-state index contributed by atoms with van der Waals surface area (Å²) in [5.74, 6) is 0. The Morgan fingerprint density at radius 2 is 2.22 bits per heavy atom. The maximum absolute atomic E-state index is 6.12. The molecule has 18 heavy (non-hydrogen) atoms. The van der Waals surface area contributed by atoms with Crippen molar-refractivity contribution in [1.29, 1.82) is 0 Å². The van der Waals surface area contributed by atoms with E-state index < -0.39 is 0 Å². The van der Waals surface area contributed by atoms with E-state index in [0.29, 0.717) is 16.6 Å². The summed E-state index contributed by atoms with van der Waals surface area (Å²) in [4.78, 5) is 0.353. The van der Waals surface area contributed by atoms with Crippen LogP contribution in [0.3, 0.4) is 0 Å². The number of nitrogens with two attached hydrogens (primary N) is 1. The lowest BCUT2D eigenvalue weighted by Crippen LogP contribution is -2.12. The summed E-state index contributed by atoms with van der Waals surface area (Å²) in [6.45, 7) is 4.36. The fourth-order valence-corrected chi connectivity index (χ4v) is 1.79. The Bertz CT molecular complexity index is 399. The van der Waals surface area contributed by atoms with Gasteiger partial charge >= 0.3 is 0 Å². The van der Waals surface area contributed by atoms with E-state index in [4.69, 9.17) is 34.3 Å². The third-order valence-electron chi connectivity index (χ3n) is 2.46. The number of ether oxygens (including phenoxy) is 1. The SMILES string of the molecule is CCCCOCCNc1ccc(C(N)=S)cc1Cl. The van der Waals surface area contributed by atoms with Crippen molar-refractivity contribution in [1.82, 2.24) is 0 Å². The van der Waals surface area contributed by atoms with Crippen LogP contribution < -0.4 is 11.1 Å². The van der Waals surface area contributed by atoms with Gasteiger partial charge in [-0.2, -0.15) is 0 Å². The molecule has 0 aliphatic heterocycles. The van der Waals surface area contributed by atoms with Gasteiger partial charge in [-0.15, -0.1) is 0 Å². The number of hydrogen-bond donors (Lipinski definition) is 2. The third kappa shape index (κ3) is 5.21. The molecular weight excluding hydrogens is 268 g/mol. The van der Waals surface area contributed by atoms with Crippen LogP contribution >= 0.6 is 23.8 Å². The first-order valence-electron chi connectivity index (χ1n) is 6.06. The Balaban J connectivity index is 2.36. The molecular formula is C13H19ClN2OS. The number of thiocarbonyl (C=S) groups is 1. The third-order valence-corrected chi connectivity index (χ3v) is 3.01. The molecule has 5 heteroatoms. The predicted molar refractivity (Wildman–Crippen MR) is 81.6 cm³/mol. The van der Waals surface area contributed by atoms with E-state index in [-0.39, 0.29) is 0 Å². The van der Waals surface area contributed by atoms with Crippen molar-refractivity contribution in [3.05, 3.63) is 28.8 Å². The van der Waals surface area contributed by atoms with Gasteiger partial charge in [0.05, 0.1) is 17.3 Å². The minimum Gasteiger partial charge on any atom is -0.389 e. The Morgan fingerprint density at radius 3 is 2.83 bits per heavy atom. The minimum absolute atomic E-state index is 0.353. The number of rotatable bonds is 8. The zero-order valence-corrected chi connectivity index (χ0v) is 12.1. The predicted octanol–water partition coefficient (Wildman–Crippen LogP) is 3.20. The average Bonchev–Trinajstić information content (AvgIpc) is 2.35. The van der Waals surface area contributed by atoms with Crippen molar-refractivity contribution in [3.8, 4) is 0 Å². The fourth-order valence-electron chi connectivity index (χ4n) is 1.42. The fraction of sp³-hybridized carbons (Fsp3) is 0.462. The second kappa shape index (κ2) is 8.29. The summed E-state index contributed by atoms with van der Waals surface area (Å²) in [6.07, 6.45) is 2.25. The van der Waals surface area contributed by atoms with Gasteiger partial charge in [0.1, 0.15) is 4.99 Å². The first kappa shape index (κ1) is 15.2. The van der Waals surface area contributed by atoms with Crippen molar-refractivity contribution in [2.24, 2.45) is 5.73 Å². The second-order valence-electron chi connectivity index (χ2n) is 3.95. The van der Waals surface area contributed by atoms with Gasteiger partial charge in [0, 0.05) is 18.7 Å². The number of hydrogen-bond acceptors (Lipinski definition) is 3. The summed E-state index contributed by atoms with van der Waals surface area (Å²) in [7, 11) is 0. The molecule has 0 amide bonds. The standard InChI is InChI=1S/C13H19ClN2OS/c1-2-3-7-17-8-6-16-12-5-4-10(13(15)18)9-11(12)14/h4-5,9,16H,2-3,6-8H2,1H3,(H2,15,18). The Hall–Kier alpha value is -0.840.